The molecule has 2 nitrogen and oxygen atoms in total. The molecule has 3 rings (SSSR count). The van der Waals surface area contributed by atoms with Crippen molar-refractivity contribution >= 4 is 5.69 Å². The van der Waals surface area contributed by atoms with Gasteiger partial charge in [0.1, 0.15) is 0 Å². The van der Waals surface area contributed by atoms with Crippen LogP contribution in [-0.4, -0.2) is 11.0 Å². The third-order valence-corrected chi connectivity index (χ3v) is 3.37. The van der Waals surface area contributed by atoms with Crippen LogP contribution in [0.4, 0.5) is 5.69 Å². The summed E-state index contributed by atoms with van der Waals surface area (Å²) in [7, 11) is 0. The Labute approximate surface area is 102 Å². The van der Waals surface area contributed by atoms with Gasteiger partial charge in [-0.1, -0.05) is 18.2 Å². The summed E-state index contributed by atoms with van der Waals surface area (Å²) in [6.07, 6.45) is 7.20. The lowest BCUT2D eigenvalue weighted by Crippen LogP contribution is -2.27. The highest BCUT2D eigenvalue weighted by Gasteiger charge is 2.17. The Morgan fingerprint density at radius 2 is 1.94 bits per heavy atom. The molecular formula is C15H16N2. The second-order valence-corrected chi connectivity index (χ2v) is 4.60. The molecule has 1 atom stereocenters. The maximum atomic E-state index is 4.05. The minimum absolute atomic E-state index is 0.548. The first-order valence-electron chi connectivity index (χ1n) is 6.15. The summed E-state index contributed by atoms with van der Waals surface area (Å²) in [6.45, 7) is 0. The van der Waals surface area contributed by atoms with Gasteiger partial charge in [-0.05, 0) is 48.6 Å². The van der Waals surface area contributed by atoms with E-state index < -0.39 is 0 Å². The van der Waals surface area contributed by atoms with Crippen LogP contribution in [0.3, 0.4) is 0 Å². The fourth-order valence-corrected chi connectivity index (χ4v) is 2.46. The van der Waals surface area contributed by atoms with E-state index in [1.807, 2.05) is 12.4 Å². The van der Waals surface area contributed by atoms with Crippen LogP contribution in [0.1, 0.15) is 17.5 Å². The molecule has 0 saturated heterocycles. The molecule has 0 radical (unpaired) electrons. The second-order valence-electron chi connectivity index (χ2n) is 4.60. The van der Waals surface area contributed by atoms with Crippen molar-refractivity contribution < 1.29 is 0 Å². The quantitative estimate of drug-likeness (QED) is 0.848. The van der Waals surface area contributed by atoms with Crippen molar-refractivity contribution in [2.75, 3.05) is 5.32 Å². The number of hydrogen-bond acceptors (Lipinski definition) is 2. The molecule has 0 fully saturated rings. The van der Waals surface area contributed by atoms with Gasteiger partial charge in [0.2, 0.25) is 0 Å². The van der Waals surface area contributed by atoms with Gasteiger partial charge in [0, 0.05) is 24.1 Å². The number of nitrogens with one attached hydrogen (secondary N) is 1. The molecular weight excluding hydrogens is 208 g/mol. The van der Waals surface area contributed by atoms with E-state index in [0.29, 0.717) is 6.04 Å². The summed E-state index contributed by atoms with van der Waals surface area (Å²) in [5.74, 6) is 0. The van der Waals surface area contributed by atoms with Crippen molar-refractivity contribution in [3.05, 3.63) is 59.9 Å². The molecule has 2 heterocycles. The predicted molar refractivity (Wildman–Crippen MR) is 70.1 cm³/mol. The fraction of sp³-hybridized carbons (Fsp3) is 0.267. The average molecular weight is 224 g/mol. The Morgan fingerprint density at radius 3 is 2.82 bits per heavy atom. The zero-order valence-corrected chi connectivity index (χ0v) is 9.76. The maximum Gasteiger partial charge on any atom is 0.0374 e. The van der Waals surface area contributed by atoms with Gasteiger partial charge in [-0.2, -0.15) is 0 Å². The third kappa shape index (κ3) is 2.31. The van der Waals surface area contributed by atoms with Crippen molar-refractivity contribution in [2.45, 2.75) is 25.3 Å². The molecule has 86 valence electrons. The number of hydrogen-bond donors (Lipinski definition) is 1. The fourth-order valence-electron chi connectivity index (χ4n) is 2.46. The van der Waals surface area contributed by atoms with Crippen LogP contribution in [0, 0.1) is 0 Å². The molecule has 2 aromatic rings. The van der Waals surface area contributed by atoms with E-state index in [9.17, 15) is 0 Å². The average Bonchev–Trinajstić information content (AvgIpc) is 2.40. The van der Waals surface area contributed by atoms with E-state index in [2.05, 4.69) is 46.7 Å². The van der Waals surface area contributed by atoms with Gasteiger partial charge < -0.3 is 5.32 Å². The maximum absolute atomic E-state index is 4.05. The van der Waals surface area contributed by atoms with Crippen molar-refractivity contribution in [2.24, 2.45) is 0 Å². The van der Waals surface area contributed by atoms with Gasteiger partial charge in [-0.15, -0.1) is 0 Å². The summed E-state index contributed by atoms with van der Waals surface area (Å²) in [4.78, 5) is 4.05. The second kappa shape index (κ2) is 4.58. The van der Waals surface area contributed by atoms with Crippen molar-refractivity contribution in [3.63, 3.8) is 0 Å². The summed E-state index contributed by atoms with van der Waals surface area (Å²) in [5.41, 5.74) is 4.10. The highest BCUT2D eigenvalue weighted by molar-refractivity contribution is 5.53. The molecule has 1 aromatic heterocycles. The van der Waals surface area contributed by atoms with Gasteiger partial charge in [-0.3, -0.25) is 4.98 Å². The predicted octanol–water partition coefficient (Wildman–Crippen LogP) is 3.05. The first-order valence-corrected chi connectivity index (χ1v) is 6.15. The lowest BCUT2D eigenvalue weighted by Gasteiger charge is -2.27. The highest BCUT2D eigenvalue weighted by Crippen LogP contribution is 2.25. The van der Waals surface area contributed by atoms with E-state index in [-0.39, 0.29) is 0 Å². The zero-order chi connectivity index (χ0) is 11.5. The number of aromatic nitrogens is 1. The van der Waals surface area contributed by atoms with Crippen LogP contribution in [0.15, 0.2) is 48.8 Å². The summed E-state index contributed by atoms with van der Waals surface area (Å²) < 4.78 is 0. The van der Waals surface area contributed by atoms with Crippen LogP contribution < -0.4 is 5.32 Å². The minimum Gasteiger partial charge on any atom is -0.382 e. The highest BCUT2D eigenvalue weighted by atomic mass is 14.9. The Kier molecular flexibility index (Phi) is 2.78. The van der Waals surface area contributed by atoms with Crippen LogP contribution in [-0.2, 0) is 12.8 Å². The first-order chi connectivity index (χ1) is 8.42. The van der Waals surface area contributed by atoms with E-state index in [1.54, 1.807) is 0 Å². The van der Waals surface area contributed by atoms with Crippen molar-refractivity contribution in [1.82, 2.24) is 4.98 Å². The van der Waals surface area contributed by atoms with Crippen molar-refractivity contribution in [3.8, 4) is 0 Å². The molecule has 0 spiro atoms. The minimum atomic E-state index is 0.548. The molecule has 1 aliphatic heterocycles. The van der Waals surface area contributed by atoms with E-state index >= 15 is 0 Å². The lowest BCUT2D eigenvalue weighted by atomic mass is 9.94. The number of benzene rings is 1. The Hall–Kier alpha value is -1.83. The van der Waals surface area contributed by atoms with Crippen LogP contribution in [0.5, 0.6) is 0 Å². The number of aryl methyl sites for hydroxylation is 1. The number of pyridine rings is 1. The first kappa shape index (κ1) is 10.3. The largest absolute Gasteiger partial charge is 0.382 e. The van der Waals surface area contributed by atoms with Gasteiger partial charge >= 0.3 is 0 Å². The third-order valence-electron chi connectivity index (χ3n) is 3.37. The Morgan fingerprint density at radius 1 is 1.12 bits per heavy atom. The van der Waals surface area contributed by atoms with E-state index in [1.165, 1.54) is 29.7 Å². The van der Waals surface area contributed by atoms with Crippen LogP contribution in [0.25, 0.3) is 0 Å². The topological polar surface area (TPSA) is 24.9 Å². The zero-order valence-electron chi connectivity index (χ0n) is 9.76. The molecule has 0 saturated carbocycles. The standard InChI is InChI=1S/C15H16N2/c1-2-4-15-13(3-1)5-6-14(17-15)11-12-7-9-16-10-8-12/h1-4,7-10,14,17H,5-6,11H2. The van der Waals surface area contributed by atoms with E-state index in [4.69, 9.17) is 0 Å². The molecule has 17 heavy (non-hydrogen) atoms. The van der Waals surface area contributed by atoms with Gasteiger partial charge in [0.25, 0.3) is 0 Å². The lowest BCUT2D eigenvalue weighted by molar-refractivity contribution is 0.628. The number of para-hydroxylation sites is 1. The number of anilines is 1. The Bertz CT molecular complexity index is 493. The summed E-state index contributed by atoms with van der Waals surface area (Å²) in [5, 5.41) is 3.63. The molecule has 0 amide bonds. The number of rotatable bonds is 2. The number of nitrogens with zero attached hydrogens (tertiary/aromatic N) is 1. The Balaban J connectivity index is 1.72. The van der Waals surface area contributed by atoms with Gasteiger partial charge in [0.05, 0.1) is 0 Å². The number of fused-ring (bicyclic) bond motifs is 1. The molecule has 2 heteroatoms. The SMILES string of the molecule is c1ccc2c(c1)CCC(Cc1ccncc1)N2. The molecule has 1 aliphatic rings. The van der Waals surface area contributed by atoms with Gasteiger partial charge in [-0.25, -0.2) is 0 Å². The molecule has 0 aliphatic carbocycles. The smallest absolute Gasteiger partial charge is 0.0374 e. The van der Waals surface area contributed by atoms with Crippen molar-refractivity contribution in [1.29, 1.82) is 0 Å². The summed E-state index contributed by atoms with van der Waals surface area (Å²) >= 11 is 0. The molecule has 1 unspecified atom stereocenters. The normalized spacial score (nSPS) is 18.2. The summed E-state index contributed by atoms with van der Waals surface area (Å²) in [6, 6.07) is 13.3. The molecule has 1 N–H and O–H groups in total. The monoisotopic (exact) mass is 224 g/mol. The van der Waals surface area contributed by atoms with Crippen LogP contribution in [0.2, 0.25) is 0 Å². The molecule has 1 aromatic carbocycles. The molecule has 0 bridgehead atoms. The van der Waals surface area contributed by atoms with Gasteiger partial charge in [0.15, 0.2) is 0 Å². The van der Waals surface area contributed by atoms with E-state index in [0.717, 1.165) is 6.42 Å². The van der Waals surface area contributed by atoms with Crippen LogP contribution >= 0.6 is 0 Å².